The van der Waals surface area contributed by atoms with Crippen molar-refractivity contribution in [1.82, 2.24) is 14.7 Å². The molecule has 0 aliphatic rings. The van der Waals surface area contributed by atoms with Crippen LogP contribution in [0.5, 0.6) is 0 Å². The molecule has 0 aromatic heterocycles. The van der Waals surface area contributed by atoms with Crippen LogP contribution in [-0.2, 0) is 20.8 Å². The van der Waals surface area contributed by atoms with E-state index in [1.54, 1.807) is 4.90 Å². The molecule has 0 fully saturated rings. The monoisotopic (exact) mass is 409 g/mol. The second-order valence-corrected chi connectivity index (χ2v) is 7.47. The zero-order valence-corrected chi connectivity index (χ0v) is 17.2. The van der Waals surface area contributed by atoms with Crippen molar-refractivity contribution in [2.24, 2.45) is 0 Å². The maximum atomic E-state index is 11.3. The summed E-state index contributed by atoms with van der Waals surface area (Å²) in [5.74, 6) is -3.24. The van der Waals surface area contributed by atoms with E-state index in [1.807, 2.05) is 50.2 Å². The van der Waals surface area contributed by atoms with Crippen molar-refractivity contribution in [2.75, 3.05) is 53.4 Å². The predicted molar refractivity (Wildman–Crippen MR) is 108 cm³/mol. The first-order chi connectivity index (χ1) is 13.6. The van der Waals surface area contributed by atoms with E-state index in [1.165, 1.54) is 4.90 Å². The Hall–Kier alpha value is -2.49. The summed E-state index contributed by atoms with van der Waals surface area (Å²) in [5, 5.41) is 27.8. The van der Waals surface area contributed by atoms with Gasteiger partial charge in [-0.2, -0.15) is 0 Å². The van der Waals surface area contributed by atoms with Gasteiger partial charge in [-0.3, -0.25) is 24.2 Å². The molecule has 29 heavy (non-hydrogen) atoms. The molecule has 1 atom stereocenters. The largest absolute Gasteiger partial charge is 0.480 e. The molecule has 0 bridgehead atoms. The number of carboxylic acids is 3. The van der Waals surface area contributed by atoms with Gasteiger partial charge in [-0.15, -0.1) is 0 Å². The Morgan fingerprint density at radius 3 is 1.83 bits per heavy atom. The summed E-state index contributed by atoms with van der Waals surface area (Å²) >= 11 is 0. The molecule has 1 aromatic rings. The highest BCUT2D eigenvalue weighted by Crippen LogP contribution is 2.13. The van der Waals surface area contributed by atoms with Crippen LogP contribution in [0.15, 0.2) is 24.3 Å². The average Bonchev–Trinajstić information content (AvgIpc) is 2.59. The first-order valence-electron chi connectivity index (χ1n) is 9.39. The third-order valence-corrected chi connectivity index (χ3v) is 4.48. The van der Waals surface area contributed by atoms with E-state index < -0.39 is 37.0 Å². The highest BCUT2D eigenvalue weighted by Gasteiger charge is 2.26. The van der Waals surface area contributed by atoms with Crippen molar-refractivity contribution < 1.29 is 29.7 Å². The standard InChI is InChI=1S/C20H31N3O6/c1-15-4-6-16(7-5-15)10-17(23(13-19(26)27)14-20(28)29)11-22(12-18(24)25)9-8-21(2)3/h4-7,17H,8-14H2,1-3H3,(H,24,25)(H,26,27)(H,28,29). The Balaban J connectivity index is 3.11. The summed E-state index contributed by atoms with van der Waals surface area (Å²) in [6, 6.07) is 7.25. The Kier molecular flexibility index (Phi) is 10.3. The molecule has 0 heterocycles. The quantitative estimate of drug-likeness (QED) is 0.399. The highest BCUT2D eigenvalue weighted by molar-refractivity contribution is 5.72. The Bertz CT molecular complexity index is 661. The van der Waals surface area contributed by atoms with Crippen LogP contribution in [0.25, 0.3) is 0 Å². The van der Waals surface area contributed by atoms with Crippen molar-refractivity contribution in [2.45, 2.75) is 19.4 Å². The normalized spacial score (nSPS) is 12.5. The molecule has 0 radical (unpaired) electrons. The molecule has 1 rings (SSSR count). The second-order valence-electron chi connectivity index (χ2n) is 7.47. The molecule has 3 N–H and O–H groups in total. The molecule has 0 spiro atoms. The summed E-state index contributed by atoms with van der Waals surface area (Å²) in [6.45, 7) is 2.23. The SMILES string of the molecule is Cc1ccc(CC(CN(CCN(C)C)CC(=O)O)N(CC(=O)O)CC(=O)O)cc1. The minimum atomic E-state index is -1.13. The van der Waals surface area contributed by atoms with E-state index in [-0.39, 0.29) is 13.1 Å². The van der Waals surface area contributed by atoms with E-state index in [9.17, 15) is 29.7 Å². The zero-order valence-electron chi connectivity index (χ0n) is 17.2. The molecule has 9 nitrogen and oxygen atoms in total. The molecule has 0 aliphatic heterocycles. The number of carboxylic acid groups (broad SMARTS) is 3. The van der Waals surface area contributed by atoms with E-state index >= 15 is 0 Å². The molecule has 0 saturated carbocycles. The lowest BCUT2D eigenvalue weighted by atomic mass is 10.0. The number of hydrogen-bond donors (Lipinski definition) is 3. The van der Waals surface area contributed by atoms with Crippen LogP contribution in [0.4, 0.5) is 0 Å². The second kappa shape index (κ2) is 12.2. The molecule has 0 aliphatic carbocycles. The van der Waals surface area contributed by atoms with E-state index in [2.05, 4.69) is 0 Å². The molecule has 0 saturated heterocycles. The smallest absolute Gasteiger partial charge is 0.317 e. The topological polar surface area (TPSA) is 122 Å². The molecule has 9 heteroatoms. The van der Waals surface area contributed by atoms with E-state index in [0.29, 0.717) is 19.5 Å². The number of nitrogens with zero attached hydrogens (tertiary/aromatic N) is 3. The van der Waals surface area contributed by atoms with Crippen LogP contribution >= 0.6 is 0 Å². The maximum Gasteiger partial charge on any atom is 0.317 e. The van der Waals surface area contributed by atoms with Crippen LogP contribution in [-0.4, -0.2) is 107 Å². The fraction of sp³-hybridized carbons (Fsp3) is 0.550. The minimum absolute atomic E-state index is 0.202. The van der Waals surface area contributed by atoms with Gasteiger partial charge in [0.05, 0.1) is 19.6 Å². The van der Waals surface area contributed by atoms with Gasteiger partial charge in [-0.25, -0.2) is 0 Å². The van der Waals surface area contributed by atoms with Crippen LogP contribution in [0.1, 0.15) is 11.1 Å². The third-order valence-electron chi connectivity index (χ3n) is 4.48. The van der Waals surface area contributed by atoms with Crippen molar-refractivity contribution in [1.29, 1.82) is 0 Å². The van der Waals surface area contributed by atoms with E-state index in [4.69, 9.17) is 0 Å². The van der Waals surface area contributed by atoms with Crippen LogP contribution < -0.4 is 0 Å². The van der Waals surface area contributed by atoms with Crippen LogP contribution in [0, 0.1) is 6.92 Å². The fourth-order valence-electron chi connectivity index (χ4n) is 3.03. The maximum absolute atomic E-state index is 11.3. The number of benzene rings is 1. The Morgan fingerprint density at radius 2 is 1.38 bits per heavy atom. The van der Waals surface area contributed by atoms with Crippen LogP contribution in [0.2, 0.25) is 0 Å². The van der Waals surface area contributed by atoms with Crippen molar-refractivity contribution in [3.05, 3.63) is 35.4 Å². The van der Waals surface area contributed by atoms with Gasteiger partial charge in [0.1, 0.15) is 0 Å². The van der Waals surface area contributed by atoms with Gasteiger partial charge in [-0.05, 0) is 33.0 Å². The van der Waals surface area contributed by atoms with Gasteiger partial charge in [0.25, 0.3) is 0 Å². The summed E-state index contributed by atoms with van der Waals surface area (Å²) in [5.41, 5.74) is 2.01. The lowest BCUT2D eigenvalue weighted by Gasteiger charge is -2.34. The van der Waals surface area contributed by atoms with Crippen LogP contribution in [0.3, 0.4) is 0 Å². The molecule has 162 valence electrons. The van der Waals surface area contributed by atoms with Crippen molar-refractivity contribution in [3.63, 3.8) is 0 Å². The summed E-state index contributed by atoms with van der Waals surface area (Å²) in [6.07, 6.45) is 0.416. The number of likely N-dealkylation sites (N-methyl/N-ethyl adjacent to an activating group) is 1. The van der Waals surface area contributed by atoms with Gasteiger partial charge in [0.15, 0.2) is 0 Å². The number of carbonyl (C=O) groups is 3. The molecule has 1 unspecified atom stereocenters. The van der Waals surface area contributed by atoms with Gasteiger partial charge in [-0.1, -0.05) is 29.8 Å². The summed E-state index contributed by atoms with van der Waals surface area (Å²) < 4.78 is 0. The zero-order chi connectivity index (χ0) is 22.0. The summed E-state index contributed by atoms with van der Waals surface area (Å²) in [4.78, 5) is 39.0. The average molecular weight is 409 g/mol. The first-order valence-corrected chi connectivity index (χ1v) is 9.39. The predicted octanol–water partition coefficient (Wildman–Crippen LogP) is 0.326. The fourth-order valence-corrected chi connectivity index (χ4v) is 3.03. The number of hydrogen-bond acceptors (Lipinski definition) is 6. The third kappa shape index (κ3) is 10.6. The van der Waals surface area contributed by atoms with Gasteiger partial charge in [0, 0.05) is 25.7 Å². The van der Waals surface area contributed by atoms with Gasteiger partial charge in [0.2, 0.25) is 0 Å². The molecular weight excluding hydrogens is 378 g/mol. The Morgan fingerprint density at radius 1 is 0.862 bits per heavy atom. The number of aryl methyl sites for hydroxylation is 1. The Labute approximate surface area is 171 Å². The highest BCUT2D eigenvalue weighted by atomic mass is 16.4. The van der Waals surface area contributed by atoms with Gasteiger partial charge >= 0.3 is 17.9 Å². The van der Waals surface area contributed by atoms with Gasteiger partial charge < -0.3 is 20.2 Å². The number of aliphatic carboxylic acids is 3. The molecule has 0 amide bonds. The van der Waals surface area contributed by atoms with Crippen molar-refractivity contribution in [3.8, 4) is 0 Å². The minimum Gasteiger partial charge on any atom is -0.480 e. The van der Waals surface area contributed by atoms with E-state index in [0.717, 1.165) is 11.1 Å². The lowest BCUT2D eigenvalue weighted by molar-refractivity contribution is -0.144. The number of rotatable bonds is 14. The lowest BCUT2D eigenvalue weighted by Crippen LogP contribution is -2.50. The molecule has 1 aromatic carbocycles. The molecular formula is C20H31N3O6. The first kappa shape index (κ1) is 24.5. The summed E-state index contributed by atoms with van der Waals surface area (Å²) in [7, 11) is 3.76. The van der Waals surface area contributed by atoms with Crippen molar-refractivity contribution >= 4 is 17.9 Å².